The summed E-state index contributed by atoms with van der Waals surface area (Å²) in [6, 6.07) is 14.9. The van der Waals surface area contributed by atoms with E-state index >= 15 is 0 Å². The number of nitrogens with one attached hydrogen (secondary N) is 1. The Hall–Kier alpha value is -2.00. The number of aryl methyl sites for hydroxylation is 1. The summed E-state index contributed by atoms with van der Waals surface area (Å²) in [6.45, 7) is 2.53. The van der Waals surface area contributed by atoms with Gasteiger partial charge in [-0.1, -0.05) is 29.8 Å². The van der Waals surface area contributed by atoms with Gasteiger partial charge in [0.2, 0.25) is 5.91 Å². The molecule has 1 amide bonds. The summed E-state index contributed by atoms with van der Waals surface area (Å²) < 4.78 is 5.40. The Labute approximate surface area is 129 Å². The zero-order valence-electron chi connectivity index (χ0n) is 11.9. The van der Waals surface area contributed by atoms with E-state index in [9.17, 15) is 4.79 Å². The lowest BCUT2D eigenvalue weighted by molar-refractivity contribution is -0.116. The molecule has 21 heavy (non-hydrogen) atoms. The van der Waals surface area contributed by atoms with Gasteiger partial charge < -0.3 is 10.1 Å². The van der Waals surface area contributed by atoms with E-state index in [0.29, 0.717) is 24.5 Å². The molecule has 1 N–H and O–H groups in total. The third-order valence-corrected chi connectivity index (χ3v) is 3.23. The zero-order chi connectivity index (χ0) is 15.1. The molecule has 3 nitrogen and oxygen atoms in total. The highest BCUT2D eigenvalue weighted by Crippen LogP contribution is 2.18. The average molecular weight is 304 g/mol. The normalized spacial score (nSPS) is 10.2. The molecule has 0 aliphatic carbocycles. The number of halogens is 1. The number of amides is 1. The van der Waals surface area contributed by atoms with Crippen molar-refractivity contribution in [3.05, 3.63) is 59.1 Å². The minimum atomic E-state index is -0.0152. The average Bonchev–Trinajstić information content (AvgIpc) is 2.47. The molecule has 4 heteroatoms. The molecule has 0 bridgehead atoms. The summed E-state index contributed by atoms with van der Waals surface area (Å²) >= 11 is 5.83. The van der Waals surface area contributed by atoms with E-state index in [-0.39, 0.29) is 5.91 Å². The van der Waals surface area contributed by atoms with Crippen LogP contribution in [0, 0.1) is 0 Å². The van der Waals surface area contributed by atoms with Crippen LogP contribution in [0.15, 0.2) is 48.5 Å². The zero-order valence-corrected chi connectivity index (χ0v) is 12.7. The van der Waals surface area contributed by atoms with E-state index in [4.69, 9.17) is 16.3 Å². The van der Waals surface area contributed by atoms with Crippen molar-refractivity contribution in [2.75, 3.05) is 11.9 Å². The predicted molar refractivity (Wildman–Crippen MR) is 86.0 cm³/mol. The van der Waals surface area contributed by atoms with Crippen molar-refractivity contribution in [2.24, 2.45) is 0 Å². The molecular formula is C17H18ClNO2. The first-order valence-corrected chi connectivity index (χ1v) is 7.32. The van der Waals surface area contributed by atoms with Gasteiger partial charge in [-0.15, -0.1) is 0 Å². The second kappa shape index (κ2) is 7.70. The molecular weight excluding hydrogens is 286 g/mol. The van der Waals surface area contributed by atoms with Crippen molar-refractivity contribution in [3.63, 3.8) is 0 Å². The summed E-state index contributed by atoms with van der Waals surface area (Å²) in [5.74, 6) is 0.742. The van der Waals surface area contributed by atoms with Crippen LogP contribution in [-0.4, -0.2) is 12.5 Å². The molecule has 0 saturated carbocycles. The monoisotopic (exact) mass is 303 g/mol. The largest absolute Gasteiger partial charge is 0.494 e. The maximum atomic E-state index is 11.9. The molecule has 0 aliphatic heterocycles. The van der Waals surface area contributed by atoms with Gasteiger partial charge >= 0.3 is 0 Å². The number of anilines is 1. The molecule has 0 radical (unpaired) electrons. The topological polar surface area (TPSA) is 38.3 Å². The first kappa shape index (κ1) is 15.4. The van der Waals surface area contributed by atoms with Crippen molar-refractivity contribution >= 4 is 23.2 Å². The molecule has 110 valence electrons. The maximum absolute atomic E-state index is 11.9. The first-order chi connectivity index (χ1) is 10.2. The number of hydrogen-bond acceptors (Lipinski definition) is 2. The molecule has 0 heterocycles. The highest BCUT2D eigenvalue weighted by Gasteiger charge is 2.04. The van der Waals surface area contributed by atoms with Gasteiger partial charge in [-0.3, -0.25) is 4.79 Å². The van der Waals surface area contributed by atoms with Crippen molar-refractivity contribution in [2.45, 2.75) is 19.8 Å². The Kier molecular flexibility index (Phi) is 5.64. The summed E-state index contributed by atoms with van der Waals surface area (Å²) in [5.41, 5.74) is 1.85. The number of rotatable bonds is 6. The van der Waals surface area contributed by atoms with E-state index in [1.54, 1.807) is 0 Å². The van der Waals surface area contributed by atoms with Crippen LogP contribution in [-0.2, 0) is 11.2 Å². The van der Waals surface area contributed by atoms with Gasteiger partial charge in [0, 0.05) is 23.2 Å². The minimum Gasteiger partial charge on any atom is -0.494 e. The van der Waals surface area contributed by atoms with Gasteiger partial charge in [0.1, 0.15) is 5.75 Å². The third kappa shape index (κ3) is 5.12. The Morgan fingerprint density at radius 3 is 2.67 bits per heavy atom. The maximum Gasteiger partial charge on any atom is 0.224 e. The number of benzene rings is 2. The lowest BCUT2D eigenvalue weighted by Gasteiger charge is -2.08. The van der Waals surface area contributed by atoms with Gasteiger partial charge in [-0.2, -0.15) is 0 Å². The standard InChI is InChI=1S/C17H18ClNO2/c1-2-21-16-5-3-4-15(12-16)19-17(20)11-8-13-6-9-14(18)10-7-13/h3-7,9-10,12H,2,8,11H2,1H3,(H,19,20). The van der Waals surface area contributed by atoms with Crippen molar-refractivity contribution in [1.82, 2.24) is 0 Å². The molecule has 0 fully saturated rings. The molecule has 2 aromatic carbocycles. The van der Waals surface area contributed by atoms with Crippen LogP contribution in [0.3, 0.4) is 0 Å². The molecule has 2 aromatic rings. The van der Waals surface area contributed by atoms with Crippen LogP contribution >= 0.6 is 11.6 Å². The second-order valence-corrected chi connectivity index (χ2v) is 5.07. The van der Waals surface area contributed by atoms with Crippen molar-refractivity contribution in [3.8, 4) is 5.75 Å². The number of ether oxygens (including phenoxy) is 1. The Balaban J connectivity index is 1.86. The molecule has 0 unspecified atom stereocenters. The van der Waals surface area contributed by atoms with E-state index in [2.05, 4.69) is 5.32 Å². The summed E-state index contributed by atoms with van der Waals surface area (Å²) in [4.78, 5) is 11.9. The van der Waals surface area contributed by atoms with E-state index in [1.807, 2.05) is 55.5 Å². The summed E-state index contributed by atoms with van der Waals surface area (Å²) in [6.07, 6.45) is 1.12. The lowest BCUT2D eigenvalue weighted by Crippen LogP contribution is -2.12. The predicted octanol–water partition coefficient (Wildman–Crippen LogP) is 4.31. The molecule has 0 atom stereocenters. The minimum absolute atomic E-state index is 0.0152. The van der Waals surface area contributed by atoms with Gasteiger partial charge in [0.05, 0.1) is 6.61 Å². The molecule has 0 spiro atoms. The fourth-order valence-corrected chi connectivity index (χ4v) is 2.09. The number of carbonyl (C=O) groups is 1. The number of hydrogen-bond donors (Lipinski definition) is 1. The van der Waals surface area contributed by atoms with Gasteiger partial charge in [0.15, 0.2) is 0 Å². The first-order valence-electron chi connectivity index (χ1n) is 6.94. The van der Waals surface area contributed by atoms with Crippen LogP contribution in [0.2, 0.25) is 5.02 Å². The van der Waals surface area contributed by atoms with Crippen LogP contribution in [0.5, 0.6) is 5.75 Å². The fourth-order valence-electron chi connectivity index (χ4n) is 1.96. The quantitative estimate of drug-likeness (QED) is 0.863. The van der Waals surface area contributed by atoms with Crippen LogP contribution < -0.4 is 10.1 Å². The number of carbonyl (C=O) groups excluding carboxylic acids is 1. The fraction of sp³-hybridized carbons (Fsp3) is 0.235. The second-order valence-electron chi connectivity index (χ2n) is 4.64. The van der Waals surface area contributed by atoms with Gasteiger partial charge in [-0.25, -0.2) is 0 Å². The molecule has 2 rings (SSSR count). The lowest BCUT2D eigenvalue weighted by atomic mass is 10.1. The summed E-state index contributed by atoms with van der Waals surface area (Å²) in [5, 5.41) is 3.58. The Morgan fingerprint density at radius 2 is 1.95 bits per heavy atom. The van der Waals surface area contributed by atoms with Crippen molar-refractivity contribution in [1.29, 1.82) is 0 Å². The van der Waals surface area contributed by atoms with E-state index in [0.717, 1.165) is 17.0 Å². The molecule has 0 aliphatic rings. The molecule has 0 aromatic heterocycles. The summed E-state index contributed by atoms with van der Waals surface area (Å²) in [7, 11) is 0. The Morgan fingerprint density at radius 1 is 1.19 bits per heavy atom. The highest BCUT2D eigenvalue weighted by molar-refractivity contribution is 6.30. The van der Waals surface area contributed by atoms with E-state index in [1.165, 1.54) is 0 Å². The Bertz CT molecular complexity index is 596. The van der Waals surface area contributed by atoms with Crippen LogP contribution in [0.1, 0.15) is 18.9 Å². The van der Waals surface area contributed by atoms with Gasteiger partial charge in [0.25, 0.3) is 0 Å². The SMILES string of the molecule is CCOc1cccc(NC(=O)CCc2ccc(Cl)cc2)c1. The third-order valence-electron chi connectivity index (χ3n) is 2.98. The van der Waals surface area contributed by atoms with Crippen LogP contribution in [0.4, 0.5) is 5.69 Å². The van der Waals surface area contributed by atoms with Gasteiger partial charge in [-0.05, 0) is 43.2 Å². The highest BCUT2D eigenvalue weighted by atomic mass is 35.5. The van der Waals surface area contributed by atoms with Crippen molar-refractivity contribution < 1.29 is 9.53 Å². The van der Waals surface area contributed by atoms with E-state index < -0.39 is 0 Å². The molecule has 0 saturated heterocycles. The van der Waals surface area contributed by atoms with Crippen LogP contribution in [0.25, 0.3) is 0 Å². The smallest absolute Gasteiger partial charge is 0.224 e.